The monoisotopic (exact) mass is 448 g/mol. The zero-order chi connectivity index (χ0) is 23.2. The summed E-state index contributed by atoms with van der Waals surface area (Å²) < 4.78 is 41.9. The van der Waals surface area contributed by atoms with Crippen molar-refractivity contribution in [3.8, 4) is 11.8 Å². The van der Waals surface area contributed by atoms with Gasteiger partial charge in [-0.05, 0) is 79.2 Å². The molecule has 0 heterocycles. The number of hydrogen-bond acceptors (Lipinski definition) is 0. The van der Waals surface area contributed by atoms with Crippen LogP contribution in [0.1, 0.15) is 80.9 Å². The van der Waals surface area contributed by atoms with Crippen LogP contribution in [0.3, 0.4) is 0 Å². The van der Waals surface area contributed by atoms with Crippen molar-refractivity contribution < 1.29 is 13.2 Å². The molecule has 3 aromatic carbocycles. The molecule has 0 radical (unpaired) electrons. The maximum atomic E-state index is 14.5. The molecule has 0 aliphatic heterocycles. The number of fused-ring (bicyclic) bond motifs is 1. The van der Waals surface area contributed by atoms with Crippen LogP contribution in [-0.2, 0) is 6.42 Å². The number of rotatable bonds is 6. The first-order valence-corrected chi connectivity index (χ1v) is 12.2. The Hall–Kier alpha value is -2.73. The smallest absolute Gasteiger partial charge is 0.166 e. The van der Waals surface area contributed by atoms with Crippen molar-refractivity contribution in [2.24, 2.45) is 5.92 Å². The van der Waals surface area contributed by atoms with Gasteiger partial charge in [0.15, 0.2) is 11.6 Å². The summed E-state index contributed by atoms with van der Waals surface area (Å²) in [6.07, 6.45) is 9.56. The Labute approximate surface area is 195 Å². The minimum Gasteiger partial charge on any atom is -0.206 e. The summed E-state index contributed by atoms with van der Waals surface area (Å²) in [6, 6.07) is 13.9. The van der Waals surface area contributed by atoms with Crippen molar-refractivity contribution in [3.05, 3.63) is 82.7 Å². The lowest BCUT2D eigenvalue weighted by Crippen LogP contribution is -2.12. The Morgan fingerprint density at radius 1 is 0.818 bits per heavy atom. The standard InChI is InChI=1S/C30H31F3/c1-2-3-4-5-6-22-10-14-24(29(32)19-22)13-9-21-7-11-23(12-8-21)25-15-17-27-26(20-25)16-18-28(31)30(27)33/h10,14-21,23H,2-8,11-12H2,1H3. The molecule has 4 rings (SSSR count). The first-order chi connectivity index (χ1) is 16.0. The van der Waals surface area contributed by atoms with Crippen LogP contribution in [-0.4, -0.2) is 0 Å². The fourth-order valence-electron chi connectivity index (χ4n) is 4.86. The van der Waals surface area contributed by atoms with E-state index in [9.17, 15) is 13.2 Å². The zero-order valence-corrected chi connectivity index (χ0v) is 19.3. The van der Waals surface area contributed by atoms with Gasteiger partial charge in [0.25, 0.3) is 0 Å². The molecule has 172 valence electrons. The summed E-state index contributed by atoms with van der Waals surface area (Å²) in [7, 11) is 0. The van der Waals surface area contributed by atoms with Crippen LogP contribution >= 0.6 is 0 Å². The second-order valence-electron chi connectivity index (χ2n) is 9.28. The molecule has 0 nitrogen and oxygen atoms in total. The average molecular weight is 449 g/mol. The second kappa shape index (κ2) is 10.9. The Morgan fingerprint density at radius 3 is 2.39 bits per heavy atom. The Kier molecular flexibility index (Phi) is 7.76. The van der Waals surface area contributed by atoms with Gasteiger partial charge in [0.05, 0.1) is 5.56 Å². The van der Waals surface area contributed by atoms with Gasteiger partial charge in [0.2, 0.25) is 0 Å². The van der Waals surface area contributed by atoms with Crippen molar-refractivity contribution in [1.29, 1.82) is 0 Å². The molecule has 0 aromatic heterocycles. The number of unbranched alkanes of at least 4 members (excludes halogenated alkanes) is 3. The van der Waals surface area contributed by atoms with Crippen LogP contribution in [0.15, 0.2) is 48.5 Å². The van der Waals surface area contributed by atoms with E-state index in [4.69, 9.17) is 0 Å². The zero-order valence-electron chi connectivity index (χ0n) is 19.3. The van der Waals surface area contributed by atoms with Gasteiger partial charge < -0.3 is 0 Å². The van der Waals surface area contributed by atoms with Gasteiger partial charge >= 0.3 is 0 Å². The van der Waals surface area contributed by atoms with Gasteiger partial charge in [0, 0.05) is 11.3 Å². The first kappa shape index (κ1) is 23.4. The fraction of sp³-hybridized carbons (Fsp3) is 0.400. The van der Waals surface area contributed by atoms with E-state index in [-0.39, 0.29) is 11.7 Å². The van der Waals surface area contributed by atoms with E-state index in [1.54, 1.807) is 18.2 Å². The van der Waals surface area contributed by atoms with Gasteiger partial charge in [-0.1, -0.05) is 68.4 Å². The molecule has 0 spiro atoms. The predicted octanol–water partition coefficient (Wildman–Crippen LogP) is 8.71. The van der Waals surface area contributed by atoms with E-state index >= 15 is 0 Å². The van der Waals surface area contributed by atoms with Crippen molar-refractivity contribution in [3.63, 3.8) is 0 Å². The lowest BCUT2D eigenvalue weighted by atomic mass is 9.78. The molecule has 33 heavy (non-hydrogen) atoms. The van der Waals surface area contributed by atoms with Crippen LogP contribution in [0.25, 0.3) is 10.8 Å². The summed E-state index contributed by atoms with van der Waals surface area (Å²) in [4.78, 5) is 0. The highest BCUT2D eigenvalue weighted by Crippen LogP contribution is 2.37. The number of benzene rings is 3. The molecular formula is C30H31F3. The topological polar surface area (TPSA) is 0 Å². The van der Waals surface area contributed by atoms with E-state index in [0.717, 1.165) is 49.5 Å². The lowest BCUT2D eigenvalue weighted by molar-refractivity contribution is 0.385. The average Bonchev–Trinajstić information content (AvgIpc) is 2.84. The van der Waals surface area contributed by atoms with E-state index < -0.39 is 11.6 Å². The van der Waals surface area contributed by atoms with Gasteiger partial charge in [-0.25, -0.2) is 13.2 Å². The fourth-order valence-corrected chi connectivity index (χ4v) is 4.86. The minimum absolute atomic E-state index is 0.219. The molecule has 3 heteroatoms. The van der Waals surface area contributed by atoms with Gasteiger partial charge in [0.1, 0.15) is 5.82 Å². The highest BCUT2D eigenvalue weighted by atomic mass is 19.2. The number of hydrogen-bond donors (Lipinski definition) is 0. The Morgan fingerprint density at radius 2 is 1.64 bits per heavy atom. The van der Waals surface area contributed by atoms with Crippen molar-refractivity contribution in [2.45, 2.75) is 70.6 Å². The first-order valence-electron chi connectivity index (χ1n) is 12.2. The van der Waals surface area contributed by atoms with E-state index in [1.807, 2.05) is 24.3 Å². The predicted molar refractivity (Wildman–Crippen MR) is 130 cm³/mol. The van der Waals surface area contributed by atoms with Crippen molar-refractivity contribution in [2.75, 3.05) is 0 Å². The highest BCUT2D eigenvalue weighted by molar-refractivity contribution is 5.84. The summed E-state index contributed by atoms with van der Waals surface area (Å²) in [5, 5.41) is 1.06. The Balaban J connectivity index is 1.35. The molecule has 1 saturated carbocycles. The molecule has 3 aromatic rings. The summed E-state index contributed by atoms with van der Waals surface area (Å²) in [5.41, 5.74) is 2.70. The molecule has 1 aliphatic rings. The second-order valence-corrected chi connectivity index (χ2v) is 9.28. The largest absolute Gasteiger partial charge is 0.206 e. The van der Waals surface area contributed by atoms with Crippen LogP contribution in [0.5, 0.6) is 0 Å². The van der Waals surface area contributed by atoms with E-state index in [1.165, 1.54) is 30.9 Å². The molecule has 0 atom stereocenters. The van der Waals surface area contributed by atoms with Gasteiger partial charge in [-0.2, -0.15) is 0 Å². The van der Waals surface area contributed by atoms with Crippen LogP contribution in [0, 0.1) is 35.2 Å². The molecule has 1 aliphatic carbocycles. The summed E-state index contributed by atoms with van der Waals surface area (Å²) in [6.45, 7) is 2.19. The minimum atomic E-state index is -0.813. The van der Waals surface area contributed by atoms with Crippen LogP contribution < -0.4 is 0 Å². The normalized spacial score (nSPS) is 18.2. The molecular weight excluding hydrogens is 417 g/mol. The molecule has 0 saturated heterocycles. The lowest BCUT2D eigenvalue weighted by Gasteiger charge is -2.26. The number of halogens is 3. The SMILES string of the molecule is CCCCCCc1ccc(C#CC2CCC(c3ccc4c(F)c(F)ccc4c3)CC2)c(F)c1. The molecule has 0 amide bonds. The summed E-state index contributed by atoms with van der Waals surface area (Å²) >= 11 is 0. The molecule has 1 fully saturated rings. The van der Waals surface area contributed by atoms with E-state index in [2.05, 4.69) is 18.8 Å². The Bertz CT molecular complexity index is 1160. The number of aryl methyl sites for hydroxylation is 1. The van der Waals surface area contributed by atoms with Gasteiger partial charge in [-0.15, -0.1) is 0 Å². The molecule has 0 N–H and O–H groups in total. The van der Waals surface area contributed by atoms with E-state index in [0.29, 0.717) is 16.9 Å². The van der Waals surface area contributed by atoms with Gasteiger partial charge in [-0.3, -0.25) is 0 Å². The summed E-state index contributed by atoms with van der Waals surface area (Å²) in [5.74, 6) is 5.21. The molecule has 0 unspecified atom stereocenters. The third kappa shape index (κ3) is 5.80. The maximum Gasteiger partial charge on any atom is 0.166 e. The van der Waals surface area contributed by atoms with Crippen molar-refractivity contribution >= 4 is 10.8 Å². The third-order valence-electron chi connectivity index (χ3n) is 6.89. The maximum absolute atomic E-state index is 14.5. The van der Waals surface area contributed by atoms with Crippen molar-refractivity contribution in [1.82, 2.24) is 0 Å². The molecule has 0 bridgehead atoms. The van der Waals surface area contributed by atoms with Crippen LogP contribution in [0.4, 0.5) is 13.2 Å². The van der Waals surface area contributed by atoms with Crippen LogP contribution in [0.2, 0.25) is 0 Å². The highest BCUT2D eigenvalue weighted by Gasteiger charge is 2.22. The quantitative estimate of drug-likeness (QED) is 0.261. The third-order valence-corrected chi connectivity index (χ3v) is 6.89.